The van der Waals surface area contributed by atoms with Crippen molar-refractivity contribution in [2.24, 2.45) is 0 Å². The van der Waals surface area contributed by atoms with Crippen LogP contribution in [0.25, 0.3) is 0 Å². The first kappa shape index (κ1) is 11.6. The van der Waals surface area contributed by atoms with Gasteiger partial charge < -0.3 is 4.74 Å². The zero-order chi connectivity index (χ0) is 12.3. The molecule has 1 heterocycles. The monoisotopic (exact) mass is 228 g/mol. The maximum Gasteiger partial charge on any atom is 0.335 e. The van der Waals surface area contributed by atoms with E-state index in [4.69, 9.17) is 4.74 Å². The average molecular weight is 228 g/mol. The number of benzene rings is 1. The summed E-state index contributed by atoms with van der Waals surface area (Å²) in [6, 6.07) is 9.97. The van der Waals surface area contributed by atoms with E-state index in [0.717, 1.165) is 23.1 Å². The Bertz CT molecular complexity index is 457. The Balaban J connectivity index is 2.27. The van der Waals surface area contributed by atoms with Crippen LogP contribution in [0.2, 0.25) is 0 Å². The number of rotatable bonds is 4. The molecule has 1 aliphatic heterocycles. The molecule has 1 aliphatic rings. The number of cyclic esters (lactones) is 1. The highest BCUT2D eigenvalue weighted by molar-refractivity contribution is 5.92. The van der Waals surface area contributed by atoms with Crippen molar-refractivity contribution in [3.63, 3.8) is 0 Å². The first-order valence-electron chi connectivity index (χ1n) is 5.80. The van der Waals surface area contributed by atoms with Crippen LogP contribution < -0.4 is 0 Å². The quantitative estimate of drug-likeness (QED) is 0.585. The van der Waals surface area contributed by atoms with Crippen molar-refractivity contribution in [1.82, 2.24) is 0 Å². The van der Waals surface area contributed by atoms with Crippen LogP contribution in [0.15, 0.2) is 54.1 Å². The molecule has 0 aromatic heterocycles. The molecule has 0 N–H and O–H groups in total. The zero-order valence-corrected chi connectivity index (χ0v) is 9.98. The van der Waals surface area contributed by atoms with E-state index in [-0.39, 0.29) is 12.1 Å². The fourth-order valence-electron chi connectivity index (χ4n) is 2.11. The van der Waals surface area contributed by atoms with E-state index in [0.29, 0.717) is 6.42 Å². The lowest BCUT2D eigenvalue weighted by atomic mass is 9.97. The Labute approximate surface area is 102 Å². The Kier molecular flexibility index (Phi) is 3.43. The van der Waals surface area contributed by atoms with Gasteiger partial charge in [0.2, 0.25) is 0 Å². The summed E-state index contributed by atoms with van der Waals surface area (Å²) >= 11 is 0. The van der Waals surface area contributed by atoms with E-state index < -0.39 is 0 Å². The second-order valence-electron chi connectivity index (χ2n) is 4.21. The highest BCUT2D eigenvalue weighted by Crippen LogP contribution is 2.28. The molecule has 0 aliphatic carbocycles. The molecule has 2 rings (SSSR count). The summed E-state index contributed by atoms with van der Waals surface area (Å²) in [5, 5.41) is 0. The van der Waals surface area contributed by atoms with Gasteiger partial charge in [0.1, 0.15) is 6.10 Å². The molecule has 1 atom stereocenters. The van der Waals surface area contributed by atoms with Crippen molar-refractivity contribution in [3.05, 3.63) is 59.7 Å². The lowest BCUT2D eigenvalue weighted by Crippen LogP contribution is -2.05. The fraction of sp³-hybridized carbons (Fsp3) is 0.267. The third kappa shape index (κ3) is 2.47. The summed E-state index contributed by atoms with van der Waals surface area (Å²) in [4.78, 5) is 11.8. The molecule has 0 radical (unpaired) electrons. The van der Waals surface area contributed by atoms with Crippen molar-refractivity contribution < 1.29 is 9.53 Å². The van der Waals surface area contributed by atoms with Crippen LogP contribution in [-0.4, -0.2) is 12.1 Å². The third-order valence-corrected chi connectivity index (χ3v) is 3.00. The van der Waals surface area contributed by atoms with Crippen molar-refractivity contribution in [2.75, 3.05) is 0 Å². The molecule has 17 heavy (non-hydrogen) atoms. The van der Waals surface area contributed by atoms with E-state index in [1.165, 1.54) is 0 Å². The lowest BCUT2D eigenvalue weighted by molar-refractivity contribution is -0.139. The summed E-state index contributed by atoms with van der Waals surface area (Å²) in [6.07, 6.45) is 3.07. The van der Waals surface area contributed by atoms with E-state index in [9.17, 15) is 4.79 Å². The summed E-state index contributed by atoms with van der Waals surface area (Å²) < 4.78 is 5.25. The number of esters is 1. The maximum absolute atomic E-state index is 11.8. The molecular weight excluding hydrogens is 212 g/mol. The molecule has 2 heteroatoms. The summed E-state index contributed by atoms with van der Waals surface area (Å²) in [5.74, 6) is -0.182. The van der Waals surface area contributed by atoms with Gasteiger partial charge in [-0.15, -0.1) is 6.58 Å². The van der Waals surface area contributed by atoms with Crippen LogP contribution in [0.3, 0.4) is 0 Å². The average Bonchev–Trinajstić information content (AvgIpc) is 2.58. The molecule has 0 saturated heterocycles. The van der Waals surface area contributed by atoms with E-state index in [1.807, 2.05) is 43.3 Å². The molecule has 0 bridgehead atoms. The van der Waals surface area contributed by atoms with Gasteiger partial charge in [0.15, 0.2) is 0 Å². The van der Waals surface area contributed by atoms with E-state index >= 15 is 0 Å². The van der Waals surface area contributed by atoms with Crippen molar-refractivity contribution in [2.45, 2.75) is 25.9 Å². The normalized spacial score (nSPS) is 19.4. The van der Waals surface area contributed by atoms with Gasteiger partial charge >= 0.3 is 5.97 Å². The van der Waals surface area contributed by atoms with Crippen LogP contribution in [0.1, 0.15) is 18.9 Å². The minimum atomic E-state index is -0.182. The van der Waals surface area contributed by atoms with Gasteiger partial charge in [0.25, 0.3) is 0 Å². The Hall–Kier alpha value is -1.83. The van der Waals surface area contributed by atoms with E-state index in [2.05, 4.69) is 6.58 Å². The zero-order valence-electron chi connectivity index (χ0n) is 9.98. The van der Waals surface area contributed by atoms with Gasteiger partial charge in [0, 0.05) is 12.0 Å². The number of allylic oxidation sites excluding steroid dienone is 1. The first-order chi connectivity index (χ1) is 8.22. The SMILES string of the molecule is C=CCC1=C(Cc2ccccc2)C(=O)OC1C. The standard InChI is InChI=1S/C15H16O2/c1-3-7-13-11(2)17-15(16)14(13)10-12-8-5-4-6-9-12/h3-6,8-9,11H,1,7,10H2,2H3. The highest BCUT2D eigenvalue weighted by Gasteiger charge is 2.29. The molecular formula is C15H16O2. The largest absolute Gasteiger partial charge is 0.455 e. The Morgan fingerprint density at radius 1 is 1.35 bits per heavy atom. The maximum atomic E-state index is 11.8. The molecule has 0 fully saturated rings. The number of hydrogen-bond acceptors (Lipinski definition) is 2. The second-order valence-corrected chi connectivity index (χ2v) is 4.21. The fourth-order valence-corrected chi connectivity index (χ4v) is 2.11. The molecule has 1 aromatic carbocycles. The predicted molar refractivity (Wildman–Crippen MR) is 67.5 cm³/mol. The molecule has 0 saturated carbocycles. The molecule has 0 spiro atoms. The minimum absolute atomic E-state index is 0.112. The number of carbonyl (C=O) groups is 1. The van der Waals surface area contributed by atoms with Crippen LogP contribution in [-0.2, 0) is 16.0 Å². The van der Waals surface area contributed by atoms with Gasteiger partial charge in [-0.2, -0.15) is 0 Å². The first-order valence-corrected chi connectivity index (χ1v) is 5.80. The Morgan fingerprint density at radius 2 is 2.06 bits per heavy atom. The molecule has 88 valence electrons. The Morgan fingerprint density at radius 3 is 2.71 bits per heavy atom. The topological polar surface area (TPSA) is 26.3 Å². The van der Waals surface area contributed by atoms with Gasteiger partial charge in [-0.3, -0.25) is 0 Å². The lowest BCUT2D eigenvalue weighted by Gasteiger charge is -2.05. The van der Waals surface area contributed by atoms with Crippen LogP contribution >= 0.6 is 0 Å². The highest BCUT2D eigenvalue weighted by atomic mass is 16.5. The number of hydrogen-bond donors (Lipinski definition) is 0. The van der Waals surface area contributed by atoms with Crippen LogP contribution in [0.5, 0.6) is 0 Å². The smallest absolute Gasteiger partial charge is 0.335 e. The number of ether oxygens (including phenoxy) is 1. The molecule has 1 unspecified atom stereocenters. The third-order valence-electron chi connectivity index (χ3n) is 3.00. The van der Waals surface area contributed by atoms with E-state index in [1.54, 1.807) is 0 Å². The molecule has 0 amide bonds. The predicted octanol–water partition coefficient (Wildman–Crippen LogP) is 3.05. The molecule has 1 aromatic rings. The van der Waals surface area contributed by atoms with Crippen molar-refractivity contribution >= 4 is 5.97 Å². The number of carbonyl (C=O) groups excluding carboxylic acids is 1. The van der Waals surface area contributed by atoms with Gasteiger partial charge in [-0.05, 0) is 24.5 Å². The van der Waals surface area contributed by atoms with Crippen molar-refractivity contribution in [3.8, 4) is 0 Å². The summed E-state index contributed by atoms with van der Waals surface area (Å²) in [5.41, 5.74) is 2.99. The van der Waals surface area contributed by atoms with Gasteiger partial charge in [-0.1, -0.05) is 36.4 Å². The van der Waals surface area contributed by atoms with Crippen LogP contribution in [0.4, 0.5) is 0 Å². The van der Waals surface area contributed by atoms with Gasteiger partial charge in [0.05, 0.1) is 0 Å². The van der Waals surface area contributed by atoms with Crippen molar-refractivity contribution in [1.29, 1.82) is 0 Å². The van der Waals surface area contributed by atoms with Crippen LogP contribution in [0, 0.1) is 0 Å². The van der Waals surface area contributed by atoms with Gasteiger partial charge in [-0.25, -0.2) is 4.79 Å². The minimum Gasteiger partial charge on any atom is -0.455 e. The second kappa shape index (κ2) is 5.00. The molecule has 2 nitrogen and oxygen atoms in total. The summed E-state index contributed by atoms with van der Waals surface area (Å²) in [6.45, 7) is 5.64. The summed E-state index contributed by atoms with van der Waals surface area (Å²) in [7, 11) is 0.